The fourth-order valence-electron chi connectivity index (χ4n) is 4.09. The van der Waals surface area contributed by atoms with Gasteiger partial charge in [-0.2, -0.15) is 4.98 Å². The lowest BCUT2D eigenvalue weighted by Crippen LogP contribution is -2.31. The van der Waals surface area contributed by atoms with Crippen LogP contribution in [0.1, 0.15) is 50.8 Å². The Morgan fingerprint density at radius 1 is 1.14 bits per heavy atom. The summed E-state index contributed by atoms with van der Waals surface area (Å²) in [6.45, 7) is 8.67. The third kappa shape index (κ3) is 5.51. The number of benzene rings is 2. The minimum absolute atomic E-state index is 0.204. The summed E-state index contributed by atoms with van der Waals surface area (Å²) in [6.07, 6.45) is 1.91. The largest absolute Gasteiger partial charge is 0.493 e. The number of ether oxygens (including phenoxy) is 2. The number of allylic oxidation sites excluding steroid dienone is 1. The number of nitrogens with one attached hydrogen (secondary N) is 2. The molecule has 1 unspecified atom stereocenters. The van der Waals surface area contributed by atoms with Crippen LogP contribution in [0.15, 0.2) is 58.9 Å². The van der Waals surface area contributed by atoms with Gasteiger partial charge in [0.2, 0.25) is 11.1 Å². The highest BCUT2D eigenvalue weighted by molar-refractivity contribution is 7.99. The van der Waals surface area contributed by atoms with Crippen LogP contribution in [0.5, 0.6) is 11.5 Å². The van der Waals surface area contributed by atoms with Crippen molar-refractivity contribution in [3.05, 3.63) is 64.9 Å². The van der Waals surface area contributed by atoms with Crippen LogP contribution in [0.4, 0.5) is 11.6 Å². The molecule has 9 heteroatoms. The molecular formula is C27H33N5O3S. The molecule has 0 radical (unpaired) electrons. The SMILES string of the molecule is CCCOc1ccc(C2C(C(=O)Nc3cccc(C)c3)=C(C)Nc3nc(SCCC)nn32)cc1OC. The van der Waals surface area contributed by atoms with Gasteiger partial charge >= 0.3 is 0 Å². The van der Waals surface area contributed by atoms with E-state index in [-0.39, 0.29) is 5.91 Å². The first-order chi connectivity index (χ1) is 17.4. The van der Waals surface area contributed by atoms with Gasteiger partial charge in [0.1, 0.15) is 6.04 Å². The Morgan fingerprint density at radius 3 is 2.69 bits per heavy atom. The van der Waals surface area contributed by atoms with Crippen LogP contribution in [0.2, 0.25) is 0 Å². The van der Waals surface area contributed by atoms with E-state index in [4.69, 9.17) is 14.6 Å². The number of amides is 1. The molecule has 3 aromatic rings. The van der Waals surface area contributed by atoms with Crippen molar-refractivity contribution < 1.29 is 14.3 Å². The van der Waals surface area contributed by atoms with Crippen molar-refractivity contribution in [2.75, 3.05) is 30.1 Å². The molecule has 0 saturated heterocycles. The normalized spacial score (nSPS) is 14.8. The summed E-state index contributed by atoms with van der Waals surface area (Å²) in [4.78, 5) is 18.4. The first kappa shape index (κ1) is 25.6. The van der Waals surface area contributed by atoms with Gasteiger partial charge in [-0.15, -0.1) is 5.10 Å². The standard InChI is InChI=1S/C27H33N5O3S/c1-6-13-35-21-12-11-19(16-22(21)34-5)24-23(25(33)29-20-10-8-9-17(3)15-20)18(4)28-26-30-27(31-32(24)26)36-14-7-2/h8-12,15-16,24H,6-7,13-14H2,1-5H3,(H,29,33)(H,28,30,31). The molecule has 1 aliphatic rings. The van der Waals surface area contributed by atoms with E-state index in [1.807, 2.05) is 56.3 Å². The molecule has 1 aromatic heterocycles. The molecule has 1 aliphatic heterocycles. The number of rotatable bonds is 10. The second-order valence-electron chi connectivity index (χ2n) is 8.66. The Labute approximate surface area is 216 Å². The molecule has 2 aromatic carbocycles. The van der Waals surface area contributed by atoms with Crippen LogP contribution in [-0.4, -0.2) is 40.1 Å². The van der Waals surface area contributed by atoms with E-state index in [9.17, 15) is 4.79 Å². The summed E-state index contributed by atoms with van der Waals surface area (Å²) in [5, 5.41) is 11.8. The van der Waals surface area contributed by atoms with E-state index in [0.29, 0.717) is 34.8 Å². The van der Waals surface area contributed by atoms with E-state index >= 15 is 0 Å². The topological polar surface area (TPSA) is 90.3 Å². The average molecular weight is 508 g/mol. The maximum Gasteiger partial charge on any atom is 0.255 e. The smallest absolute Gasteiger partial charge is 0.255 e. The maximum absolute atomic E-state index is 13.7. The van der Waals surface area contributed by atoms with E-state index in [1.165, 1.54) is 0 Å². The molecule has 4 rings (SSSR count). The second kappa shape index (κ2) is 11.5. The zero-order chi connectivity index (χ0) is 25.7. The molecule has 0 spiro atoms. The number of aromatic nitrogens is 3. The molecule has 8 nitrogen and oxygen atoms in total. The number of carbonyl (C=O) groups is 1. The predicted octanol–water partition coefficient (Wildman–Crippen LogP) is 5.81. The van der Waals surface area contributed by atoms with Gasteiger partial charge in [0.25, 0.3) is 5.91 Å². The molecule has 2 heterocycles. The Morgan fingerprint density at radius 2 is 1.97 bits per heavy atom. The van der Waals surface area contributed by atoms with E-state index in [1.54, 1.807) is 23.6 Å². The molecule has 1 amide bonds. The van der Waals surface area contributed by atoms with Crippen molar-refractivity contribution in [2.24, 2.45) is 0 Å². The Bertz CT molecular complexity index is 1270. The van der Waals surface area contributed by atoms with Gasteiger partial charge in [-0.1, -0.05) is 43.8 Å². The van der Waals surface area contributed by atoms with Gasteiger partial charge in [0.15, 0.2) is 11.5 Å². The Balaban J connectivity index is 1.77. The highest BCUT2D eigenvalue weighted by atomic mass is 32.2. The Kier molecular flexibility index (Phi) is 8.20. The van der Waals surface area contributed by atoms with Crippen LogP contribution in [0, 0.1) is 6.92 Å². The van der Waals surface area contributed by atoms with Crippen LogP contribution in [0.3, 0.4) is 0 Å². The van der Waals surface area contributed by atoms with Crippen molar-refractivity contribution in [1.29, 1.82) is 0 Å². The van der Waals surface area contributed by atoms with Gasteiger partial charge in [0, 0.05) is 17.1 Å². The number of methoxy groups -OCH3 is 1. The number of thioether (sulfide) groups is 1. The van der Waals surface area contributed by atoms with Crippen molar-refractivity contribution >= 4 is 29.3 Å². The van der Waals surface area contributed by atoms with E-state index in [2.05, 4.69) is 29.5 Å². The molecule has 2 N–H and O–H groups in total. The minimum Gasteiger partial charge on any atom is -0.493 e. The number of aryl methyl sites for hydroxylation is 1. The molecule has 0 fully saturated rings. The van der Waals surface area contributed by atoms with Gasteiger partial charge in [0.05, 0.1) is 19.3 Å². The Hall–Kier alpha value is -3.46. The zero-order valence-electron chi connectivity index (χ0n) is 21.4. The lowest BCUT2D eigenvalue weighted by atomic mass is 9.94. The minimum atomic E-state index is -0.497. The molecule has 0 bridgehead atoms. The summed E-state index contributed by atoms with van der Waals surface area (Å²) in [5.74, 6) is 2.59. The van der Waals surface area contributed by atoms with E-state index in [0.717, 1.165) is 41.1 Å². The van der Waals surface area contributed by atoms with Crippen LogP contribution in [-0.2, 0) is 4.79 Å². The van der Waals surface area contributed by atoms with Gasteiger partial charge in [-0.05, 0) is 62.1 Å². The number of fused-ring (bicyclic) bond motifs is 1. The predicted molar refractivity (Wildman–Crippen MR) is 144 cm³/mol. The van der Waals surface area contributed by atoms with Crippen molar-refractivity contribution in [2.45, 2.75) is 51.7 Å². The number of hydrogen-bond donors (Lipinski definition) is 2. The molecule has 190 valence electrons. The average Bonchev–Trinajstić information content (AvgIpc) is 3.27. The quantitative estimate of drug-likeness (QED) is 0.335. The van der Waals surface area contributed by atoms with Crippen LogP contribution in [0.25, 0.3) is 0 Å². The van der Waals surface area contributed by atoms with Gasteiger partial charge in [-0.25, -0.2) is 4.68 Å². The summed E-state index contributed by atoms with van der Waals surface area (Å²) >= 11 is 1.60. The summed E-state index contributed by atoms with van der Waals surface area (Å²) in [6, 6.07) is 13.0. The first-order valence-electron chi connectivity index (χ1n) is 12.2. The second-order valence-corrected chi connectivity index (χ2v) is 9.72. The zero-order valence-corrected chi connectivity index (χ0v) is 22.2. The highest BCUT2D eigenvalue weighted by Gasteiger charge is 2.35. The molecule has 1 atom stereocenters. The van der Waals surface area contributed by atoms with Crippen LogP contribution < -0.4 is 20.1 Å². The van der Waals surface area contributed by atoms with Crippen molar-refractivity contribution in [3.8, 4) is 11.5 Å². The number of carbonyl (C=O) groups excluding carboxylic acids is 1. The molecule has 0 aliphatic carbocycles. The summed E-state index contributed by atoms with van der Waals surface area (Å²) in [7, 11) is 1.62. The third-order valence-electron chi connectivity index (χ3n) is 5.75. The summed E-state index contributed by atoms with van der Waals surface area (Å²) in [5.41, 5.74) is 3.95. The lowest BCUT2D eigenvalue weighted by Gasteiger charge is -2.29. The van der Waals surface area contributed by atoms with Crippen LogP contribution >= 0.6 is 11.8 Å². The fourth-order valence-corrected chi connectivity index (χ4v) is 4.78. The molecule has 36 heavy (non-hydrogen) atoms. The van der Waals surface area contributed by atoms with Crippen molar-refractivity contribution in [3.63, 3.8) is 0 Å². The maximum atomic E-state index is 13.7. The van der Waals surface area contributed by atoms with E-state index < -0.39 is 6.04 Å². The van der Waals surface area contributed by atoms with Gasteiger partial charge in [-0.3, -0.25) is 4.79 Å². The van der Waals surface area contributed by atoms with Crippen molar-refractivity contribution in [1.82, 2.24) is 14.8 Å². The lowest BCUT2D eigenvalue weighted by molar-refractivity contribution is -0.113. The monoisotopic (exact) mass is 507 g/mol. The number of anilines is 2. The highest BCUT2D eigenvalue weighted by Crippen LogP contribution is 2.40. The van der Waals surface area contributed by atoms with Gasteiger partial charge < -0.3 is 20.1 Å². The molecular weight excluding hydrogens is 474 g/mol. The fraction of sp³-hybridized carbons (Fsp3) is 0.370. The first-order valence-corrected chi connectivity index (χ1v) is 13.2. The third-order valence-corrected chi connectivity index (χ3v) is 6.80. The summed E-state index contributed by atoms with van der Waals surface area (Å²) < 4.78 is 13.3. The number of nitrogens with zero attached hydrogens (tertiary/aromatic N) is 3. The number of hydrogen-bond acceptors (Lipinski definition) is 7. The molecule has 0 saturated carbocycles.